The summed E-state index contributed by atoms with van der Waals surface area (Å²) in [6.07, 6.45) is 1.41. The molecule has 19 heavy (non-hydrogen) atoms. The number of nitrogens with two attached hydrogens (primary N) is 1. The van der Waals surface area contributed by atoms with Gasteiger partial charge in [-0.05, 0) is 31.4 Å². The molecule has 1 aromatic rings. The summed E-state index contributed by atoms with van der Waals surface area (Å²) in [4.78, 5) is 11.9. The summed E-state index contributed by atoms with van der Waals surface area (Å²) in [7, 11) is 1.64. The van der Waals surface area contributed by atoms with Crippen molar-refractivity contribution < 1.29 is 9.53 Å². The standard InChI is InChI=1S/C14H21BrN2O2/c1-10(11-6-3-4-7-12(11)15)17-14(18)13(16)8-5-9-19-2/h3-4,6-7,10,13H,5,8-9,16H2,1-2H3,(H,17,18)/t10-,13?/m1/s1. The molecule has 0 fully saturated rings. The van der Waals surface area contributed by atoms with E-state index < -0.39 is 6.04 Å². The third-order valence-electron chi connectivity index (χ3n) is 2.93. The lowest BCUT2D eigenvalue weighted by Gasteiger charge is -2.18. The molecule has 1 rings (SSSR count). The fourth-order valence-electron chi connectivity index (χ4n) is 1.80. The number of benzene rings is 1. The van der Waals surface area contributed by atoms with Gasteiger partial charge in [-0.15, -0.1) is 0 Å². The molecule has 3 N–H and O–H groups in total. The largest absolute Gasteiger partial charge is 0.385 e. The van der Waals surface area contributed by atoms with E-state index in [1.807, 2.05) is 31.2 Å². The quantitative estimate of drug-likeness (QED) is 0.755. The van der Waals surface area contributed by atoms with E-state index in [-0.39, 0.29) is 11.9 Å². The molecule has 0 saturated carbocycles. The van der Waals surface area contributed by atoms with E-state index in [1.54, 1.807) is 7.11 Å². The van der Waals surface area contributed by atoms with Crippen LogP contribution in [-0.4, -0.2) is 25.7 Å². The number of ether oxygens (including phenoxy) is 1. The first-order valence-electron chi connectivity index (χ1n) is 6.35. The Kier molecular flexibility index (Phi) is 7.05. The van der Waals surface area contributed by atoms with Gasteiger partial charge < -0.3 is 15.8 Å². The average Bonchev–Trinajstić information content (AvgIpc) is 2.39. The molecular formula is C14H21BrN2O2. The van der Waals surface area contributed by atoms with E-state index in [9.17, 15) is 4.79 Å². The molecule has 1 unspecified atom stereocenters. The van der Waals surface area contributed by atoms with Crippen molar-refractivity contribution in [3.63, 3.8) is 0 Å². The minimum absolute atomic E-state index is 0.0726. The van der Waals surface area contributed by atoms with Crippen molar-refractivity contribution in [1.82, 2.24) is 5.32 Å². The maximum Gasteiger partial charge on any atom is 0.237 e. The Balaban J connectivity index is 2.50. The molecule has 4 nitrogen and oxygen atoms in total. The van der Waals surface area contributed by atoms with Gasteiger partial charge in [-0.1, -0.05) is 34.1 Å². The number of carbonyl (C=O) groups is 1. The van der Waals surface area contributed by atoms with Crippen LogP contribution in [0, 0.1) is 0 Å². The molecule has 0 radical (unpaired) electrons. The van der Waals surface area contributed by atoms with Gasteiger partial charge in [-0.3, -0.25) is 4.79 Å². The fraction of sp³-hybridized carbons (Fsp3) is 0.500. The molecule has 1 amide bonds. The van der Waals surface area contributed by atoms with Gasteiger partial charge in [-0.25, -0.2) is 0 Å². The SMILES string of the molecule is COCCCC(N)C(=O)N[C@H](C)c1ccccc1Br. The van der Waals surface area contributed by atoms with Crippen molar-refractivity contribution in [3.05, 3.63) is 34.3 Å². The van der Waals surface area contributed by atoms with Crippen LogP contribution in [0.1, 0.15) is 31.4 Å². The third-order valence-corrected chi connectivity index (χ3v) is 3.65. The van der Waals surface area contributed by atoms with E-state index >= 15 is 0 Å². The van der Waals surface area contributed by atoms with Gasteiger partial charge in [0.15, 0.2) is 0 Å². The molecule has 0 aliphatic rings. The lowest BCUT2D eigenvalue weighted by atomic mass is 10.1. The van der Waals surface area contributed by atoms with Gasteiger partial charge in [0.05, 0.1) is 12.1 Å². The van der Waals surface area contributed by atoms with E-state index in [0.717, 1.165) is 16.5 Å². The Morgan fingerprint density at radius 1 is 1.47 bits per heavy atom. The van der Waals surface area contributed by atoms with Crippen LogP contribution in [0.5, 0.6) is 0 Å². The molecule has 2 atom stereocenters. The third kappa shape index (κ3) is 5.30. The Bertz CT molecular complexity index is 412. The zero-order valence-corrected chi connectivity index (χ0v) is 12.9. The summed E-state index contributed by atoms with van der Waals surface area (Å²) < 4.78 is 5.93. The first-order chi connectivity index (χ1) is 9.06. The van der Waals surface area contributed by atoms with E-state index in [4.69, 9.17) is 10.5 Å². The molecule has 106 valence electrons. The lowest BCUT2D eigenvalue weighted by Crippen LogP contribution is -2.41. The van der Waals surface area contributed by atoms with Crippen LogP contribution in [0.2, 0.25) is 0 Å². The van der Waals surface area contributed by atoms with Gasteiger partial charge in [-0.2, -0.15) is 0 Å². The Morgan fingerprint density at radius 3 is 2.79 bits per heavy atom. The number of rotatable bonds is 7. The van der Waals surface area contributed by atoms with Gasteiger partial charge >= 0.3 is 0 Å². The van der Waals surface area contributed by atoms with Crippen LogP contribution in [-0.2, 0) is 9.53 Å². The van der Waals surface area contributed by atoms with Crippen LogP contribution < -0.4 is 11.1 Å². The first kappa shape index (κ1) is 16.1. The summed E-state index contributed by atoms with van der Waals surface area (Å²) in [6, 6.07) is 7.26. The predicted octanol–water partition coefficient (Wildman–Crippen LogP) is 2.38. The number of halogens is 1. The minimum atomic E-state index is -0.486. The van der Waals surface area contributed by atoms with Crippen molar-refractivity contribution in [1.29, 1.82) is 0 Å². The van der Waals surface area contributed by atoms with Crippen molar-refractivity contribution >= 4 is 21.8 Å². The van der Waals surface area contributed by atoms with E-state index in [1.165, 1.54) is 0 Å². The number of amides is 1. The van der Waals surface area contributed by atoms with Gasteiger partial charge in [0, 0.05) is 18.2 Å². The van der Waals surface area contributed by atoms with Gasteiger partial charge in [0.25, 0.3) is 0 Å². The lowest BCUT2D eigenvalue weighted by molar-refractivity contribution is -0.123. The van der Waals surface area contributed by atoms with Crippen LogP contribution in [0.3, 0.4) is 0 Å². The Morgan fingerprint density at radius 2 is 2.16 bits per heavy atom. The Hall–Kier alpha value is -0.910. The smallest absolute Gasteiger partial charge is 0.237 e. The molecule has 0 aliphatic carbocycles. The number of nitrogens with one attached hydrogen (secondary N) is 1. The second-order valence-electron chi connectivity index (χ2n) is 4.49. The van der Waals surface area contributed by atoms with E-state index in [2.05, 4.69) is 21.2 Å². The average molecular weight is 329 g/mol. The predicted molar refractivity (Wildman–Crippen MR) is 79.8 cm³/mol. The van der Waals surface area contributed by atoms with Crippen molar-refractivity contribution in [2.45, 2.75) is 31.8 Å². The van der Waals surface area contributed by atoms with Crippen molar-refractivity contribution in [2.75, 3.05) is 13.7 Å². The number of hydrogen-bond acceptors (Lipinski definition) is 3. The summed E-state index contributed by atoms with van der Waals surface area (Å²) in [5, 5.41) is 2.93. The highest BCUT2D eigenvalue weighted by atomic mass is 79.9. The van der Waals surface area contributed by atoms with Crippen LogP contribution in [0.25, 0.3) is 0 Å². The summed E-state index contributed by atoms with van der Waals surface area (Å²) in [5.74, 6) is -0.126. The van der Waals surface area contributed by atoms with Crippen molar-refractivity contribution in [3.8, 4) is 0 Å². The molecular weight excluding hydrogens is 308 g/mol. The zero-order valence-electron chi connectivity index (χ0n) is 11.4. The molecule has 0 aliphatic heterocycles. The highest BCUT2D eigenvalue weighted by Crippen LogP contribution is 2.22. The van der Waals surface area contributed by atoms with Gasteiger partial charge in [0.2, 0.25) is 5.91 Å². The second-order valence-corrected chi connectivity index (χ2v) is 5.35. The highest BCUT2D eigenvalue weighted by molar-refractivity contribution is 9.10. The number of carbonyl (C=O) groups excluding carboxylic acids is 1. The second kappa shape index (κ2) is 8.30. The molecule has 0 bridgehead atoms. The number of hydrogen-bond donors (Lipinski definition) is 2. The maximum atomic E-state index is 11.9. The van der Waals surface area contributed by atoms with Crippen LogP contribution in [0.4, 0.5) is 0 Å². The van der Waals surface area contributed by atoms with Crippen molar-refractivity contribution in [2.24, 2.45) is 5.73 Å². The summed E-state index contributed by atoms with van der Waals surface area (Å²) in [5.41, 5.74) is 6.88. The number of methoxy groups -OCH3 is 1. The monoisotopic (exact) mass is 328 g/mol. The Labute approximate surface area is 122 Å². The van der Waals surface area contributed by atoms with E-state index in [0.29, 0.717) is 13.0 Å². The topological polar surface area (TPSA) is 64.3 Å². The zero-order chi connectivity index (χ0) is 14.3. The normalized spacial score (nSPS) is 13.9. The van der Waals surface area contributed by atoms with Crippen LogP contribution in [0.15, 0.2) is 28.7 Å². The molecule has 1 aromatic carbocycles. The molecule has 0 aromatic heterocycles. The fourth-order valence-corrected chi connectivity index (χ4v) is 2.43. The maximum absolute atomic E-state index is 11.9. The summed E-state index contributed by atoms with van der Waals surface area (Å²) >= 11 is 3.48. The molecule has 5 heteroatoms. The molecule has 0 spiro atoms. The summed E-state index contributed by atoms with van der Waals surface area (Å²) in [6.45, 7) is 2.57. The minimum Gasteiger partial charge on any atom is -0.385 e. The first-order valence-corrected chi connectivity index (χ1v) is 7.15. The van der Waals surface area contributed by atoms with Gasteiger partial charge in [0.1, 0.15) is 0 Å². The molecule has 0 heterocycles. The van der Waals surface area contributed by atoms with Crippen LogP contribution >= 0.6 is 15.9 Å². The molecule has 0 saturated heterocycles. The highest BCUT2D eigenvalue weighted by Gasteiger charge is 2.17.